The number of hydrogen-bond donors (Lipinski definition) is 0. The van der Waals surface area contributed by atoms with Crippen molar-refractivity contribution in [2.24, 2.45) is 11.3 Å². The fourth-order valence-corrected chi connectivity index (χ4v) is 2.92. The molecule has 14 heavy (non-hydrogen) atoms. The van der Waals surface area contributed by atoms with Crippen LogP contribution in [0.1, 0.15) is 33.6 Å². The Morgan fingerprint density at radius 2 is 1.93 bits per heavy atom. The van der Waals surface area contributed by atoms with E-state index < -0.39 is 0 Å². The highest BCUT2D eigenvalue weighted by Crippen LogP contribution is 2.43. The molecule has 0 bridgehead atoms. The normalized spacial score (nSPS) is 33.0. The van der Waals surface area contributed by atoms with Gasteiger partial charge in [0, 0.05) is 19.7 Å². The van der Waals surface area contributed by atoms with Gasteiger partial charge in [-0.2, -0.15) is 0 Å². The van der Waals surface area contributed by atoms with Gasteiger partial charge >= 0.3 is 0 Å². The Hall–Kier alpha value is -0.0800. The average molecular weight is 197 g/mol. The molecule has 0 N–H and O–H groups in total. The molecule has 0 aliphatic carbocycles. The van der Waals surface area contributed by atoms with Crippen molar-refractivity contribution in [3.05, 3.63) is 0 Å². The van der Waals surface area contributed by atoms with Gasteiger partial charge in [0.2, 0.25) is 0 Å². The first-order valence-electron chi connectivity index (χ1n) is 5.74. The van der Waals surface area contributed by atoms with Gasteiger partial charge in [0.05, 0.1) is 5.60 Å². The predicted octanol–water partition coefficient (Wildman–Crippen LogP) is 2.14. The van der Waals surface area contributed by atoms with Crippen LogP contribution in [0.25, 0.3) is 0 Å². The monoisotopic (exact) mass is 197 g/mol. The maximum atomic E-state index is 5.96. The minimum absolute atomic E-state index is 0.227. The molecule has 2 saturated heterocycles. The van der Waals surface area contributed by atoms with Gasteiger partial charge in [-0.1, -0.05) is 20.8 Å². The summed E-state index contributed by atoms with van der Waals surface area (Å²) in [7, 11) is 2.18. The van der Waals surface area contributed by atoms with Crippen molar-refractivity contribution in [1.29, 1.82) is 0 Å². The topological polar surface area (TPSA) is 12.5 Å². The smallest absolute Gasteiger partial charge is 0.0937 e. The van der Waals surface area contributed by atoms with E-state index in [1.54, 1.807) is 0 Å². The quantitative estimate of drug-likeness (QED) is 0.590. The Kier molecular flexibility index (Phi) is 2.39. The summed E-state index contributed by atoms with van der Waals surface area (Å²) in [5.41, 5.74) is 0.676. The van der Waals surface area contributed by atoms with E-state index in [0.717, 1.165) is 25.6 Å². The van der Waals surface area contributed by atoms with E-state index in [9.17, 15) is 0 Å². The SMILES string of the molecule is CN1CC2(C[C@H](C(C)(C)C)CCO2)C1. The number of nitrogens with zero attached hydrogens (tertiary/aromatic N) is 1. The summed E-state index contributed by atoms with van der Waals surface area (Å²) in [6, 6.07) is 0. The molecule has 0 aromatic heterocycles. The molecule has 2 aliphatic heterocycles. The van der Waals surface area contributed by atoms with Gasteiger partial charge in [-0.3, -0.25) is 0 Å². The zero-order valence-corrected chi connectivity index (χ0v) is 9.97. The second-order valence-corrected chi connectivity index (χ2v) is 6.26. The minimum atomic E-state index is 0.227. The molecule has 2 heterocycles. The van der Waals surface area contributed by atoms with Crippen molar-refractivity contribution in [3.63, 3.8) is 0 Å². The van der Waals surface area contributed by atoms with Crippen LogP contribution < -0.4 is 0 Å². The molecule has 0 radical (unpaired) electrons. The lowest BCUT2D eigenvalue weighted by molar-refractivity contribution is -0.181. The molecular weight excluding hydrogens is 174 g/mol. The second kappa shape index (κ2) is 3.21. The third-order valence-electron chi connectivity index (χ3n) is 3.83. The third kappa shape index (κ3) is 1.82. The molecule has 1 atom stereocenters. The number of likely N-dealkylation sites (N-methyl/N-ethyl adjacent to an activating group) is 1. The Bertz CT molecular complexity index is 207. The first-order valence-corrected chi connectivity index (χ1v) is 5.74. The molecule has 0 aromatic carbocycles. The van der Waals surface area contributed by atoms with Crippen LogP contribution in [0, 0.1) is 11.3 Å². The number of rotatable bonds is 0. The highest BCUT2D eigenvalue weighted by Gasteiger charge is 2.47. The van der Waals surface area contributed by atoms with E-state index in [1.807, 2.05) is 0 Å². The first kappa shape index (κ1) is 10.4. The van der Waals surface area contributed by atoms with E-state index >= 15 is 0 Å². The molecule has 2 fully saturated rings. The van der Waals surface area contributed by atoms with Gasteiger partial charge in [0.25, 0.3) is 0 Å². The fraction of sp³-hybridized carbons (Fsp3) is 1.00. The Balaban J connectivity index is 1.98. The van der Waals surface area contributed by atoms with Crippen LogP contribution in [0.15, 0.2) is 0 Å². The number of ether oxygens (including phenoxy) is 1. The molecule has 1 spiro atoms. The Morgan fingerprint density at radius 1 is 1.29 bits per heavy atom. The standard InChI is InChI=1S/C12H23NO/c1-11(2,3)10-5-6-14-12(7-10)8-13(4)9-12/h10H,5-9H2,1-4H3/t10-/m1/s1. The van der Waals surface area contributed by atoms with Crippen LogP contribution in [-0.4, -0.2) is 37.2 Å². The first-order chi connectivity index (χ1) is 6.41. The van der Waals surface area contributed by atoms with Crippen LogP contribution in [0.4, 0.5) is 0 Å². The van der Waals surface area contributed by atoms with Crippen LogP contribution in [0.2, 0.25) is 0 Å². The molecule has 0 aromatic rings. The molecule has 2 heteroatoms. The van der Waals surface area contributed by atoms with Gasteiger partial charge in [-0.05, 0) is 31.2 Å². The molecule has 2 nitrogen and oxygen atoms in total. The molecular formula is C12H23NO. The van der Waals surface area contributed by atoms with E-state index in [0.29, 0.717) is 5.41 Å². The lowest BCUT2D eigenvalue weighted by Crippen LogP contribution is -2.64. The highest BCUT2D eigenvalue weighted by molar-refractivity contribution is 5.00. The summed E-state index contributed by atoms with van der Waals surface area (Å²) in [5.74, 6) is 0.838. The Labute approximate surface area is 87.6 Å². The van der Waals surface area contributed by atoms with Crippen molar-refractivity contribution in [3.8, 4) is 0 Å². The summed E-state index contributed by atoms with van der Waals surface area (Å²) in [6.07, 6.45) is 2.51. The van der Waals surface area contributed by atoms with Gasteiger partial charge in [-0.25, -0.2) is 0 Å². The van der Waals surface area contributed by atoms with E-state index in [4.69, 9.17) is 4.74 Å². The van der Waals surface area contributed by atoms with Crippen LogP contribution >= 0.6 is 0 Å². The van der Waals surface area contributed by atoms with Crippen molar-refractivity contribution >= 4 is 0 Å². The summed E-state index contributed by atoms with van der Waals surface area (Å²) in [6.45, 7) is 10.3. The molecule has 0 amide bonds. The fourth-order valence-electron chi connectivity index (χ4n) is 2.92. The van der Waals surface area contributed by atoms with E-state index in [2.05, 4.69) is 32.7 Å². The van der Waals surface area contributed by atoms with Gasteiger partial charge in [-0.15, -0.1) is 0 Å². The second-order valence-electron chi connectivity index (χ2n) is 6.26. The Morgan fingerprint density at radius 3 is 2.43 bits per heavy atom. The van der Waals surface area contributed by atoms with Gasteiger partial charge in [0.1, 0.15) is 0 Å². The highest BCUT2D eigenvalue weighted by atomic mass is 16.5. The number of likely N-dealkylation sites (tertiary alicyclic amines) is 1. The van der Waals surface area contributed by atoms with Crippen LogP contribution in [-0.2, 0) is 4.74 Å². The summed E-state index contributed by atoms with van der Waals surface area (Å²) in [4.78, 5) is 2.35. The maximum absolute atomic E-state index is 5.96. The molecule has 0 unspecified atom stereocenters. The van der Waals surface area contributed by atoms with Crippen LogP contribution in [0.3, 0.4) is 0 Å². The van der Waals surface area contributed by atoms with Crippen molar-refractivity contribution in [2.75, 3.05) is 26.7 Å². The molecule has 2 aliphatic rings. The minimum Gasteiger partial charge on any atom is -0.372 e. The predicted molar refractivity (Wildman–Crippen MR) is 58.4 cm³/mol. The molecule has 0 saturated carbocycles. The third-order valence-corrected chi connectivity index (χ3v) is 3.83. The lowest BCUT2D eigenvalue weighted by Gasteiger charge is -2.54. The summed E-state index contributed by atoms with van der Waals surface area (Å²) < 4.78 is 5.96. The lowest BCUT2D eigenvalue weighted by atomic mass is 9.70. The summed E-state index contributed by atoms with van der Waals surface area (Å²) >= 11 is 0. The molecule has 82 valence electrons. The van der Waals surface area contributed by atoms with Crippen molar-refractivity contribution < 1.29 is 4.74 Å². The number of hydrogen-bond acceptors (Lipinski definition) is 2. The maximum Gasteiger partial charge on any atom is 0.0937 e. The van der Waals surface area contributed by atoms with Crippen molar-refractivity contribution in [2.45, 2.75) is 39.2 Å². The summed E-state index contributed by atoms with van der Waals surface area (Å²) in [5, 5.41) is 0. The van der Waals surface area contributed by atoms with Crippen LogP contribution in [0.5, 0.6) is 0 Å². The van der Waals surface area contributed by atoms with E-state index in [1.165, 1.54) is 12.8 Å². The van der Waals surface area contributed by atoms with Gasteiger partial charge in [0.15, 0.2) is 0 Å². The van der Waals surface area contributed by atoms with E-state index in [-0.39, 0.29) is 5.60 Å². The van der Waals surface area contributed by atoms with Gasteiger partial charge < -0.3 is 9.64 Å². The molecule has 2 rings (SSSR count). The average Bonchev–Trinajstić information content (AvgIpc) is 2.00. The zero-order valence-electron chi connectivity index (χ0n) is 9.97. The van der Waals surface area contributed by atoms with Crippen molar-refractivity contribution in [1.82, 2.24) is 4.90 Å². The largest absolute Gasteiger partial charge is 0.372 e. The zero-order chi connectivity index (χ0) is 10.4.